The van der Waals surface area contributed by atoms with E-state index in [1.54, 1.807) is 24.3 Å². The summed E-state index contributed by atoms with van der Waals surface area (Å²) in [7, 11) is 0. The first-order chi connectivity index (χ1) is 9.04. The van der Waals surface area contributed by atoms with E-state index in [0.29, 0.717) is 11.4 Å². The molecular formula is C12H12N4O3. The van der Waals surface area contributed by atoms with Crippen molar-refractivity contribution in [1.82, 2.24) is 10.2 Å². The van der Waals surface area contributed by atoms with Gasteiger partial charge < -0.3 is 10.6 Å². The number of nitrogens with one attached hydrogen (secondary N) is 4. The third-order valence-corrected chi connectivity index (χ3v) is 2.28. The van der Waals surface area contributed by atoms with Gasteiger partial charge in [0.2, 0.25) is 5.91 Å². The second kappa shape index (κ2) is 5.21. The fourth-order valence-corrected chi connectivity index (χ4v) is 1.53. The molecule has 0 radical (unpaired) electrons. The molecule has 7 heteroatoms. The van der Waals surface area contributed by atoms with Gasteiger partial charge >= 0.3 is 0 Å². The lowest BCUT2D eigenvalue weighted by atomic mass is 10.2. The molecular weight excluding hydrogens is 248 g/mol. The van der Waals surface area contributed by atoms with E-state index in [-0.39, 0.29) is 17.2 Å². The number of hydrogen-bond donors (Lipinski definition) is 4. The van der Waals surface area contributed by atoms with Gasteiger partial charge in [-0.3, -0.25) is 24.6 Å². The molecule has 0 aliphatic carbocycles. The highest BCUT2D eigenvalue weighted by atomic mass is 16.2. The lowest BCUT2D eigenvalue weighted by Crippen LogP contribution is -2.13. The van der Waals surface area contributed by atoms with Gasteiger partial charge in [0.15, 0.2) is 0 Å². The van der Waals surface area contributed by atoms with E-state index in [4.69, 9.17) is 0 Å². The van der Waals surface area contributed by atoms with Gasteiger partial charge in [0.25, 0.3) is 11.5 Å². The van der Waals surface area contributed by atoms with E-state index < -0.39 is 5.91 Å². The number of benzene rings is 1. The number of anilines is 2. The first-order valence-electron chi connectivity index (χ1n) is 5.51. The van der Waals surface area contributed by atoms with Crippen molar-refractivity contribution in [1.29, 1.82) is 0 Å². The van der Waals surface area contributed by atoms with Crippen LogP contribution in [0.2, 0.25) is 0 Å². The van der Waals surface area contributed by atoms with Crippen LogP contribution in [0.25, 0.3) is 0 Å². The molecule has 0 unspecified atom stereocenters. The summed E-state index contributed by atoms with van der Waals surface area (Å²) in [6.07, 6.45) is 0. The van der Waals surface area contributed by atoms with Crippen molar-refractivity contribution in [3.63, 3.8) is 0 Å². The maximum Gasteiger partial charge on any atom is 0.273 e. The number of aromatic nitrogens is 2. The minimum Gasteiger partial charge on any atom is -0.326 e. The maximum atomic E-state index is 11.8. The zero-order valence-corrected chi connectivity index (χ0v) is 10.1. The molecule has 0 aliphatic heterocycles. The Labute approximate surface area is 108 Å². The van der Waals surface area contributed by atoms with Crippen LogP contribution in [0.1, 0.15) is 17.4 Å². The summed E-state index contributed by atoms with van der Waals surface area (Å²) in [6, 6.07) is 7.85. The number of carbonyl (C=O) groups is 2. The van der Waals surface area contributed by atoms with Crippen molar-refractivity contribution in [2.45, 2.75) is 6.92 Å². The molecule has 2 rings (SSSR count). The average Bonchev–Trinajstić information content (AvgIpc) is 2.75. The fourth-order valence-electron chi connectivity index (χ4n) is 1.53. The number of hydrogen-bond acceptors (Lipinski definition) is 3. The maximum absolute atomic E-state index is 11.8. The third kappa shape index (κ3) is 3.32. The third-order valence-electron chi connectivity index (χ3n) is 2.28. The van der Waals surface area contributed by atoms with Crippen LogP contribution in [0.3, 0.4) is 0 Å². The summed E-state index contributed by atoms with van der Waals surface area (Å²) in [5.74, 6) is -0.642. The summed E-state index contributed by atoms with van der Waals surface area (Å²) in [4.78, 5) is 33.6. The van der Waals surface area contributed by atoms with Crippen molar-refractivity contribution >= 4 is 23.2 Å². The van der Waals surface area contributed by atoms with Crippen molar-refractivity contribution < 1.29 is 9.59 Å². The summed E-state index contributed by atoms with van der Waals surface area (Å²) in [5.41, 5.74) is 0.846. The Morgan fingerprint density at radius 3 is 2.32 bits per heavy atom. The van der Waals surface area contributed by atoms with E-state index in [1.807, 2.05) is 0 Å². The number of aromatic amines is 2. The standard InChI is InChI=1S/C12H12N4O3/c1-7(17)13-8-3-2-4-9(5-8)14-12(19)10-6-11(18)16-15-10/h2-6H,1H3,(H,13,17)(H,14,19)(H2,15,16,18). The molecule has 7 nitrogen and oxygen atoms in total. The average molecular weight is 260 g/mol. The predicted octanol–water partition coefficient (Wildman–Crippen LogP) is 0.914. The Morgan fingerprint density at radius 1 is 1.05 bits per heavy atom. The molecule has 1 aromatic heterocycles. The van der Waals surface area contributed by atoms with Crippen LogP contribution in [-0.4, -0.2) is 22.0 Å². The number of amides is 2. The zero-order valence-electron chi connectivity index (χ0n) is 10.1. The molecule has 0 fully saturated rings. The van der Waals surface area contributed by atoms with Gasteiger partial charge in [0.05, 0.1) is 0 Å². The molecule has 2 amide bonds. The molecule has 0 bridgehead atoms. The highest BCUT2D eigenvalue weighted by Gasteiger charge is 2.08. The van der Waals surface area contributed by atoms with Gasteiger partial charge in [-0.1, -0.05) is 6.07 Å². The smallest absolute Gasteiger partial charge is 0.273 e. The van der Waals surface area contributed by atoms with Crippen molar-refractivity contribution in [3.05, 3.63) is 46.4 Å². The summed E-state index contributed by atoms with van der Waals surface area (Å²) >= 11 is 0. The normalized spacial score (nSPS) is 9.95. The summed E-state index contributed by atoms with van der Waals surface area (Å²) in [6.45, 7) is 1.40. The van der Waals surface area contributed by atoms with Gasteiger partial charge in [-0.25, -0.2) is 0 Å². The molecule has 4 N–H and O–H groups in total. The Hall–Kier alpha value is -2.83. The van der Waals surface area contributed by atoms with Gasteiger partial charge in [-0.2, -0.15) is 0 Å². The summed E-state index contributed by atoms with van der Waals surface area (Å²) < 4.78 is 0. The zero-order chi connectivity index (χ0) is 13.8. The molecule has 0 saturated heterocycles. The van der Waals surface area contributed by atoms with Crippen LogP contribution in [0.15, 0.2) is 35.1 Å². The largest absolute Gasteiger partial charge is 0.326 e. The second-order valence-electron chi connectivity index (χ2n) is 3.89. The van der Waals surface area contributed by atoms with Crippen LogP contribution >= 0.6 is 0 Å². The first kappa shape index (κ1) is 12.6. The van der Waals surface area contributed by atoms with E-state index in [2.05, 4.69) is 20.8 Å². The van der Waals surface area contributed by atoms with E-state index >= 15 is 0 Å². The monoisotopic (exact) mass is 260 g/mol. The van der Waals surface area contributed by atoms with Gasteiger partial charge in [-0.15, -0.1) is 0 Å². The van der Waals surface area contributed by atoms with Crippen LogP contribution in [0.5, 0.6) is 0 Å². The molecule has 0 atom stereocenters. The first-order valence-corrected chi connectivity index (χ1v) is 5.51. The Morgan fingerprint density at radius 2 is 1.74 bits per heavy atom. The molecule has 1 heterocycles. The van der Waals surface area contributed by atoms with Gasteiger partial charge in [0.1, 0.15) is 5.69 Å². The minimum atomic E-state index is -0.446. The Bertz CT molecular complexity index is 671. The highest BCUT2D eigenvalue weighted by molar-refractivity contribution is 6.03. The number of H-pyrrole nitrogens is 2. The molecule has 0 saturated carbocycles. The van der Waals surface area contributed by atoms with E-state index in [9.17, 15) is 14.4 Å². The Kier molecular flexibility index (Phi) is 3.46. The van der Waals surface area contributed by atoms with Crippen LogP contribution in [0.4, 0.5) is 11.4 Å². The predicted molar refractivity (Wildman–Crippen MR) is 70.1 cm³/mol. The van der Waals surface area contributed by atoms with Crippen LogP contribution in [-0.2, 0) is 4.79 Å². The Balaban J connectivity index is 2.12. The lowest BCUT2D eigenvalue weighted by molar-refractivity contribution is -0.114. The summed E-state index contributed by atoms with van der Waals surface area (Å²) in [5, 5.41) is 9.94. The van der Waals surface area contributed by atoms with E-state index in [1.165, 1.54) is 6.92 Å². The molecule has 0 spiro atoms. The molecule has 19 heavy (non-hydrogen) atoms. The molecule has 0 aliphatic rings. The highest BCUT2D eigenvalue weighted by Crippen LogP contribution is 2.15. The SMILES string of the molecule is CC(=O)Nc1cccc(NC(=O)c2cc(=O)[nH][nH]2)c1. The van der Waals surface area contributed by atoms with E-state index in [0.717, 1.165) is 6.07 Å². The van der Waals surface area contributed by atoms with Crippen LogP contribution < -0.4 is 16.2 Å². The minimum absolute atomic E-state index is 0.134. The quantitative estimate of drug-likeness (QED) is 0.659. The van der Waals surface area contributed by atoms with Gasteiger partial charge in [-0.05, 0) is 18.2 Å². The van der Waals surface area contributed by atoms with Gasteiger partial charge in [0, 0.05) is 24.4 Å². The second-order valence-corrected chi connectivity index (χ2v) is 3.89. The topological polar surface area (TPSA) is 107 Å². The van der Waals surface area contributed by atoms with Crippen molar-refractivity contribution in [2.75, 3.05) is 10.6 Å². The van der Waals surface area contributed by atoms with Crippen molar-refractivity contribution in [3.8, 4) is 0 Å². The fraction of sp³-hybridized carbons (Fsp3) is 0.0833. The molecule has 98 valence electrons. The van der Waals surface area contributed by atoms with Crippen LogP contribution in [0, 0.1) is 0 Å². The van der Waals surface area contributed by atoms with Crippen molar-refractivity contribution in [2.24, 2.45) is 0 Å². The lowest BCUT2D eigenvalue weighted by Gasteiger charge is -2.06. The molecule has 1 aromatic carbocycles. The molecule has 2 aromatic rings. The number of rotatable bonds is 3. The number of carbonyl (C=O) groups excluding carboxylic acids is 2.